The molecule has 5 unspecified atom stereocenters. The number of hydrogen-bond donors (Lipinski definition) is 1. The summed E-state index contributed by atoms with van der Waals surface area (Å²) in [6, 6.07) is 6.37. The van der Waals surface area contributed by atoms with Crippen molar-refractivity contribution in [2.45, 2.75) is 64.3 Å². The average molecular weight is 326 g/mol. The number of rotatable bonds is 3. The van der Waals surface area contributed by atoms with E-state index in [0.29, 0.717) is 25.2 Å². The molecule has 0 aromatic rings. The molecular formula is C18H22N4O2. The third kappa shape index (κ3) is 1.69. The number of nitriles is 3. The Hall–Kier alpha value is -2.10. The first-order valence-corrected chi connectivity index (χ1v) is 8.69. The van der Waals surface area contributed by atoms with Gasteiger partial charge in [0.25, 0.3) is 0 Å². The van der Waals surface area contributed by atoms with E-state index < -0.39 is 28.6 Å². The van der Waals surface area contributed by atoms with Gasteiger partial charge < -0.3 is 9.47 Å². The number of nitrogens with one attached hydrogen (secondary N) is 1. The van der Waals surface area contributed by atoms with E-state index in [4.69, 9.17) is 14.9 Å². The lowest BCUT2D eigenvalue weighted by molar-refractivity contribution is -0.297. The molecule has 1 saturated carbocycles. The van der Waals surface area contributed by atoms with Gasteiger partial charge in [-0.1, -0.05) is 26.7 Å². The van der Waals surface area contributed by atoms with Crippen LogP contribution in [0.15, 0.2) is 0 Å². The molecule has 3 fully saturated rings. The van der Waals surface area contributed by atoms with Crippen molar-refractivity contribution >= 4 is 5.90 Å². The summed E-state index contributed by atoms with van der Waals surface area (Å²) in [6.07, 6.45) is 3.63. The third-order valence-electron chi connectivity index (χ3n) is 6.26. The van der Waals surface area contributed by atoms with Gasteiger partial charge >= 0.3 is 0 Å². The fourth-order valence-electron chi connectivity index (χ4n) is 4.92. The molecule has 0 aromatic carbocycles. The van der Waals surface area contributed by atoms with Crippen LogP contribution in [0.5, 0.6) is 0 Å². The molecule has 24 heavy (non-hydrogen) atoms. The fraction of sp³-hybridized carbons (Fsp3) is 0.778. The van der Waals surface area contributed by atoms with E-state index in [0.717, 1.165) is 19.3 Å². The van der Waals surface area contributed by atoms with Crippen LogP contribution in [0.2, 0.25) is 0 Å². The van der Waals surface area contributed by atoms with Gasteiger partial charge in [-0.05, 0) is 25.2 Å². The molecular weight excluding hydrogens is 304 g/mol. The van der Waals surface area contributed by atoms with Crippen molar-refractivity contribution in [3.8, 4) is 18.2 Å². The maximum absolute atomic E-state index is 10.1. The smallest absolute Gasteiger partial charge is 0.217 e. The van der Waals surface area contributed by atoms with Crippen LogP contribution in [0.25, 0.3) is 0 Å². The molecule has 0 amide bonds. The quantitative estimate of drug-likeness (QED) is 0.855. The third-order valence-corrected chi connectivity index (χ3v) is 6.26. The van der Waals surface area contributed by atoms with E-state index in [1.165, 1.54) is 0 Å². The zero-order chi connectivity index (χ0) is 17.6. The second-order valence-corrected chi connectivity index (χ2v) is 7.19. The maximum atomic E-state index is 10.1. The van der Waals surface area contributed by atoms with E-state index in [1.54, 1.807) is 0 Å². The SMILES string of the molecule is CCCC1OC23CCC(CC)CC2C(C#N)(C(=N)O3)C1(C#N)C#N. The Balaban J connectivity index is 2.22. The largest absolute Gasteiger partial charge is 0.447 e. The van der Waals surface area contributed by atoms with Gasteiger partial charge in [0.15, 0.2) is 10.8 Å². The highest BCUT2D eigenvalue weighted by atomic mass is 16.7. The average Bonchev–Trinajstić information content (AvgIpc) is 2.80. The molecule has 6 heteroatoms. The monoisotopic (exact) mass is 326 g/mol. The molecule has 6 nitrogen and oxygen atoms in total. The van der Waals surface area contributed by atoms with Crippen molar-refractivity contribution in [1.29, 1.82) is 21.2 Å². The normalized spacial score (nSPS) is 42.1. The van der Waals surface area contributed by atoms with Crippen LogP contribution in [0.3, 0.4) is 0 Å². The number of hydrogen-bond acceptors (Lipinski definition) is 6. The van der Waals surface area contributed by atoms with Crippen molar-refractivity contribution < 1.29 is 9.47 Å². The van der Waals surface area contributed by atoms with Gasteiger partial charge in [-0.2, -0.15) is 15.8 Å². The molecule has 0 aromatic heterocycles. The summed E-state index contributed by atoms with van der Waals surface area (Å²) in [5.74, 6) is -1.32. The van der Waals surface area contributed by atoms with E-state index >= 15 is 0 Å². The van der Waals surface area contributed by atoms with Gasteiger partial charge in [-0.25, -0.2) is 0 Å². The Bertz CT molecular complexity index is 671. The molecule has 3 rings (SSSR count). The molecule has 2 aliphatic heterocycles. The van der Waals surface area contributed by atoms with Crippen LogP contribution in [0.4, 0.5) is 0 Å². The van der Waals surface area contributed by atoms with Crippen molar-refractivity contribution in [1.82, 2.24) is 0 Å². The summed E-state index contributed by atoms with van der Waals surface area (Å²) >= 11 is 0. The maximum Gasteiger partial charge on any atom is 0.217 e. The summed E-state index contributed by atoms with van der Waals surface area (Å²) in [5, 5.41) is 38.3. The van der Waals surface area contributed by atoms with Crippen molar-refractivity contribution in [2.75, 3.05) is 0 Å². The highest BCUT2D eigenvalue weighted by molar-refractivity contribution is 5.89. The van der Waals surface area contributed by atoms with Crippen LogP contribution in [-0.4, -0.2) is 17.8 Å². The van der Waals surface area contributed by atoms with Crippen molar-refractivity contribution in [2.24, 2.45) is 22.7 Å². The van der Waals surface area contributed by atoms with Crippen LogP contribution in [0.1, 0.15) is 52.4 Å². The molecule has 126 valence electrons. The van der Waals surface area contributed by atoms with Crippen LogP contribution >= 0.6 is 0 Å². The molecule has 2 heterocycles. The summed E-state index contributed by atoms with van der Waals surface area (Å²) in [4.78, 5) is 0. The molecule has 2 saturated heterocycles. The highest BCUT2D eigenvalue weighted by Crippen LogP contribution is 2.67. The predicted molar refractivity (Wildman–Crippen MR) is 84.2 cm³/mol. The molecule has 1 N–H and O–H groups in total. The predicted octanol–water partition coefficient (Wildman–Crippen LogP) is 3.26. The minimum Gasteiger partial charge on any atom is -0.447 e. The Kier molecular flexibility index (Phi) is 3.82. The Morgan fingerprint density at radius 1 is 1.21 bits per heavy atom. The van der Waals surface area contributed by atoms with Gasteiger partial charge in [0.05, 0.1) is 30.2 Å². The summed E-state index contributed by atoms with van der Waals surface area (Å²) < 4.78 is 12.1. The van der Waals surface area contributed by atoms with Crippen LogP contribution < -0.4 is 0 Å². The molecule has 0 spiro atoms. The first-order valence-electron chi connectivity index (χ1n) is 8.69. The van der Waals surface area contributed by atoms with Gasteiger partial charge in [0.2, 0.25) is 11.7 Å². The van der Waals surface area contributed by atoms with Gasteiger partial charge in [-0.15, -0.1) is 0 Å². The van der Waals surface area contributed by atoms with Gasteiger partial charge in [-0.3, -0.25) is 5.41 Å². The molecule has 3 aliphatic rings. The van der Waals surface area contributed by atoms with Gasteiger partial charge in [0.1, 0.15) is 0 Å². The summed E-state index contributed by atoms with van der Waals surface area (Å²) in [7, 11) is 0. The minimum absolute atomic E-state index is 0.256. The van der Waals surface area contributed by atoms with Crippen LogP contribution in [0, 0.1) is 62.1 Å². The first kappa shape index (κ1) is 16.7. The molecule has 0 radical (unpaired) electrons. The lowest BCUT2D eigenvalue weighted by atomic mass is 9.51. The second-order valence-electron chi connectivity index (χ2n) is 7.19. The lowest BCUT2D eigenvalue weighted by Crippen LogP contribution is -2.63. The van der Waals surface area contributed by atoms with Crippen molar-refractivity contribution in [3.05, 3.63) is 0 Å². The zero-order valence-electron chi connectivity index (χ0n) is 14.1. The summed E-state index contributed by atoms with van der Waals surface area (Å²) in [6.45, 7) is 4.05. The Morgan fingerprint density at radius 3 is 2.46 bits per heavy atom. The Morgan fingerprint density at radius 2 is 1.92 bits per heavy atom. The van der Waals surface area contributed by atoms with E-state index in [2.05, 4.69) is 25.1 Å². The fourth-order valence-corrected chi connectivity index (χ4v) is 4.92. The first-order chi connectivity index (χ1) is 11.5. The molecule has 2 bridgehead atoms. The second kappa shape index (κ2) is 5.47. The lowest BCUT2D eigenvalue weighted by Gasteiger charge is -2.52. The minimum atomic E-state index is -1.70. The molecule has 5 atom stereocenters. The zero-order valence-corrected chi connectivity index (χ0v) is 14.1. The summed E-state index contributed by atoms with van der Waals surface area (Å²) in [5.41, 5.74) is -3.24. The highest BCUT2D eigenvalue weighted by Gasteiger charge is 2.80. The molecule has 1 aliphatic carbocycles. The van der Waals surface area contributed by atoms with Crippen LogP contribution in [-0.2, 0) is 9.47 Å². The van der Waals surface area contributed by atoms with E-state index in [9.17, 15) is 15.8 Å². The number of nitrogens with zero attached hydrogens (tertiary/aromatic N) is 3. The standard InChI is InChI=1S/C18H22N4O2/c1-3-5-14-16(9-19,10-20)17(11-21)13-8-12(4-2)6-7-18(13,23-14)24-15(17)22/h12-14,22H,3-8H2,1-2H3. The Labute approximate surface area is 142 Å². The topological polar surface area (TPSA) is 114 Å². The van der Waals surface area contributed by atoms with E-state index in [1.807, 2.05) is 6.92 Å². The van der Waals surface area contributed by atoms with Crippen molar-refractivity contribution in [3.63, 3.8) is 0 Å². The van der Waals surface area contributed by atoms with E-state index in [-0.39, 0.29) is 5.90 Å². The van der Waals surface area contributed by atoms with Gasteiger partial charge in [0, 0.05) is 6.42 Å². The number of ether oxygens (including phenoxy) is 2.